The number of rotatable bonds is 2. The van der Waals surface area contributed by atoms with Crippen LogP contribution in [0.25, 0.3) is 0 Å². The summed E-state index contributed by atoms with van der Waals surface area (Å²) in [6, 6.07) is 17.4. The minimum Gasteiger partial charge on any atom is -0.281 e. The van der Waals surface area contributed by atoms with Gasteiger partial charge in [-0.1, -0.05) is 36.4 Å². The Morgan fingerprint density at radius 3 is 1.85 bits per heavy atom. The van der Waals surface area contributed by atoms with Gasteiger partial charge in [-0.15, -0.1) is 0 Å². The maximum atomic E-state index is 12.6. The first-order valence-corrected chi connectivity index (χ1v) is 6.47. The van der Waals surface area contributed by atoms with Crippen LogP contribution >= 0.6 is 0 Å². The first kappa shape index (κ1) is 12.4. The van der Waals surface area contributed by atoms with Crippen molar-refractivity contribution >= 4 is 23.3 Å². The summed E-state index contributed by atoms with van der Waals surface area (Å²) in [7, 11) is 0. The van der Waals surface area contributed by atoms with Gasteiger partial charge < -0.3 is 0 Å². The summed E-state index contributed by atoms with van der Waals surface area (Å²) in [6.07, 6.45) is 0. The van der Waals surface area contributed by atoms with Gasteiger partial charge in [0.2, 0.25) is 0 Å². The summed E-state index contributed by atoms with van der Waals surface area (Å²) in [4.78, 5) is 27.7. The molecule has 0 N–H and O–H groups in total. The lowest BCUT2D eigenvalue weighted by molar-refractivity contribution is -0.117. The fourth-order valence-electron chi connectivity index (χ4n) is 2.40. The van der Waals surface area contributed by atoms with Gasteiger partial charge in [-0.05, 0) is 31.2 Å². The highest BCUT2D eigenvalue weighted by Gasteiger charge is 2.43. The molecule has 1 saturated heterocycles. The van der Waals surface area contributed by atoms with E-state index in [0.29, 0.717) is 5.69 Å². The van der Waals surface area contributed by atoms with Crippen molar-refractivity contribution < 1.29 is 9.59 Å². The summed E-state index contributed by atoms with van der Waals surface area (Å²) < 4.78 is 0. The molecule has 1 aliphatic rings. The number of nitrogens with zero attached hydrogens (tertiary/aromatic N) is 2. The van der Waals surface area contributed by atoms with E-state index in [0.717, 1.165) is 5.69 Å². The van der Waals surface area contributed by atoms with E-state index in [1.165, 1.54) is 9.80 Å². The number of carbonyl (C=O) groups excluding carboxylic acids is 2. The van der Waals surface area contributed by atoms with Gasteiger partial charge >= 0.3 is 6.03 Å². The number of hydrogen-bond donors (Lipinski definition) is 0. The number of imide groups is 1. The third kappa shape index (κ3) is 1.86. The second kappa shape index (κ2) is 4.81. The van der Waals surface area contributed by atoms with Crippen LogP contribution in [0.4, 0.5) is 16.2 Å². The molecule has 2 aromatic rings. The molecule has 4 heteroatoms. The van der Waals surface area contributed by atoms with Crippen molar-refractivity contribution in [2.24, 2.45) is 0 Å². The van der Waals surface area contributed by atoms with Gasteiger partial charge in [0.15, 0.2) is 0 Å². The lowest BCUT2D eigenvalue weighted by Crippen LogP contribution is -2.33. The summed E-state index contributed by atoms with van der Waals surface area (Å²) >= 11 is 0. The molecule has 0 aliphatic carbocycles. The second-order valence-corrected chi connectivity index (χ2v) is 4.67. The Bertz CT molecular complexity index is 640. The van der Waals surface area contributed by atoms with Crippen LogP contribution in [-0.2, 0) is 4.79 Å². The molecule has 4 nitrogen and oxygen atoms in total. The fraction of sp³-hybridized carbons (Fsp3) is 0.125. The average molecular weight is 266 g/mol. The zero-order chi connectivity index (χ0) is 14.1. The van der Waals surface area contributed by atoms with Crippen LogP contribution in [0.3, 0.4) is 0 Å². The average Bonchev–Trinajstić information content (AvgIpc) is 2.71. The standard InChI is InChI=1S/C16H14N2O2/c1-12-15(19)18(14-10-6-3-7-11-14)16(20)17(12)13-8-4-2-5-9-13/h2-12H,1H3. The summed E-state index contributed by atoms with van der Waals surface area (Å²) in [5, 5.41) is 0. The minimum atomic E-state index is -0.495. The van der Waals surface area contributed by atoms with E-state index in [4.69, 9.17) is 0 Å². The van der Waals surface area contributed by atoms with Gasteiger partial charge in [0.25, 0.3) is 5.91 Å². The van der Waals surface area contributed by atoms with Gasteiger partial charge in [0.1, 0.15) is 6.04 Å². The number of carbonyl (C=O) groups is 2. The van der Waals surface area contributed by atoms with Crippen molar-refractivity contribution in [3.05, 3.63) is 60.7 Å². The van der Waals surface area contributed by atoms with E-state index in [9.17, 15) is 9.59 Å². The molecule has 3 amide bonds. The van der Waals surface area contributed by atoms with Gasteiger partial charge in [-0.25, -0.2) is 9.69 Å². The molecule has 0 bridgehead atoms. The molecule has 1 atom stereocenters. The lowest BCUT2D eigenvalue weighted by atomic mass is 10.2. The predicted octanol–water partition coefficient (Wildman–Crippen LogP) is 3.05. The van der Waals surface area contributed by atoms with Crippen LogP contribution in [0.1, 0.15) is 6.92 Å². The Morgan fingerprint density at radius 1 is 0.800 bits per heavy atom. The molecule has 2 aromatic carbocycles. The van der Waals surface area contributed by atoms with Gasteiger partial charge in [0, 0.05) is 5.69 Å². The summed E-state index contributed by atoms with van der Waals surface area (Å²) in [5.74, 6) is -0.204. The summed E-state index contributed by atoms with van der Waals surface area (Å²) in [5.41, 5.74) is 1.34. The van der Waals surface area contributed by atoms with Crippen LogP contribution < -0.4 is 9.80 Å². The minimum absolute atomic E-state index is 0.204. The number of benzene rings is 2. The van der Waals surface area contributed by atoms with E-state index in [2.05, 4.69) is 0 Å². The first-order chi connectivity index (χ1) is 9.70. The molecule has 100 valence electrons. The monoisotopic (exact) mass is 266 g/mol. The second-order valence-electron chi connectivity index (χ2n) is 4.67. The van der Waals surface area contributed by atoms with Gasteiger partial charge in [0.05, 0.1) is 5.69 Å². The number of para-hydroxylation sites is 2. The van der Waals surface area contributed by atoms with E-state index in [1.807, 2.05) is 48.5 Å². The Morgan fingerprint density at radius 2 is 1.30 bits per heavy atom. The smallest absolute Gasteiger partial charge is 0.281 e. The highest BCUT2D eigenvalue weighted by molar-refractivity contribution is 6.28. The SMILES string of the molecule is CC1C(=O)N(c2ccccc2)C(=O)N1c1ccccc1. The van der Waals surface area contributed by atoms with Crippen LogP contribution in [0.5, 0.6) is 0 Å². The van der Waals surface area contributed by atoms with E-state index in [-0.39, 0.29) is 11.9 Å². The van der Waals surface area contributed by atoms with Gasteiger partial charge in [-0.3, -0.25) is 9.69 Å². The number of hydrogen-bond acceptors (Lipinski definition) is 2. The van der Waals surface area contributed by atoms with Crippen molar-refractivity contribution in [1.82, 2.24) is 0 Å². The third-order valence-corrected chi connectivity index (χ3v) is 3.41. The summed E-state index contributed by atoms with van der Waals surface area (Å²) in [6.45, 7) is 1.75. The molecule has 1 unspecified atom stereocenters. The highest BCUT2D eigenvalue weighted by Crippen LogP contribution is 2.29. The van der Waals surface area contributed by atoms with E-state index in [1.54, 1.807) is 19.1 Å². The maximum Gasteiger partial charge on any atom is 0.336 e. The van der Waals surface area contributed by atoms with Crippen LogP contribution in [0.2, 0.25) is 0 Å². The molecule has 0 radical (unpaired) electrons. The third-order valence-electron chi connectivity index (χ3n) is 3.41. The predicted molar refractivity (Wildman–Crippen MR) is 77.7 cm³/mol. The largest absolute Gasteiger partial charge is 0.336 e. The van der Waals surface area contributed by atoms with Crippen LogP contribution in [0.15, 0.2) is 60.7 Å². The molecular formula is C16H14N2O2. The molecule has 1 heterocycles. The first-order valence-electron chi connectivity index (χ1n) is 6.47. The zero-order valence-electron chi connectivity index (χ0n) is 11.1. The lowest BCUT2D eigenvalue weighted by Gasteiger charge is -2.19. The van der Waals surface area contributed by atoms with Crippen molar-refractivity contribution in [3.63, 3.8) is 0 Å². The molecule has 0 saturated carbocycles. The Kier molecular flexibility index (Phi) is 2.99. The Labute approximate surface area is 117 Å². The fourth-order valence-corrected chi connectivity index (χ4v) is 2.40. The number of amides is 3. The Hall–Kier alpha value is -2.62. The van der Waals surface area contributed by atoms with E-state index < -0.39 is 6.04 Å². The molecule has 20 heavy (non-hydrogen) atoms. The topological polar surface area (TPSA) is 40.6 Å². The normalized spacial score (nSPS) is 18.8. The molecule has 1 aliphatic heterocycles. The zero-order valence-corrected chi connectivity index (χ0v) is 11.1. The molecule has 1 fully saturated rings. The van der Waals surface area contributed by atoms with Crippen LogP contribution in [0, 0.1) is 0 Å². The van der Waals surface area contributed by atoms with Crippen molar-refractivity contribution in [2.75, 3.05) is 9.80 Å². The van der Waals surface area contributed by atoms with Gasteiger partial charge in [-0.2, -0.15) is 0 Å². The molecule has 3 rings (SSSR count). The Balaban J connectivity index is 2.01. The number of anilines is 2. The molecule has 0 aromatic heterocycles. The van der Waals surface area contributed by atoms with E-state index >= 15 is 0 Å². The van der Waals surface area contributed by atoms with Crippen molar-refractivity contribution in [1.29, 1.82) is 0 Å². The van der Waals surface area contributed by atoms with Crippen LogP contribution in [-0.4, -0.2) is 18.0 Å². The molecule has 0 spiro atoms. The number of urea groups is 1. The maximum absolute atomic E-state index is 12.6. The van der Waals surface area contributed by atoms with Crippen molar-refractivity contribution in [2.45, 2.75) is 13.0 Å². The highest BCUT2D eigenvalue weighted by atomic mass is 16.2. The quantitative estimate of drug-likeness (QED) is 0.784. The molecular weight excluding hydrogens is 252 g/mol. The van der Waals surface area contributed by atoms with Crippen molar-refractivity contribution in [3.8, 4) is 0 Å².